The van der Waals surface area contributed by atoms with Gasteiger partial charge in [-0.2, -0.15) is 0 Å². The number of esters is 1. The SMILES string of the molecule is COC(=O)[C@H](CC1=CCC(c2ccccc2Oc2ccccc2)C=C1)NC(=O)c1cc(Br)ccc1NS(=O)(=O)C1=CC=C(C(C)(C)C)CC1. The van der Waals surface area contributed by atoms with E-state index in [2.05, 4.69) is 52.8 Å². The minimum atomic E-state index is -3.94. The van der Waals surface area contributed by atoms with Crippen LogP contribution < -0.4 is 14.8 Å². The zero-order chi connectivity index (χ0) is 35.2. The van der Waals surface area contributed by atoms with Crippen molar-refractivity contribution < 1.29 is 27.5 Å². The first-order valence-electron chi connectivity index (χ1n) is 16.1. The normalized spacial score (nSPS) is 16.8. The average molecular weight is 746 g/mol. The first-order valence-corrected chi connectivity index (χ1v) is 18.4. The summed E-state index contributed by atoms with van der Waals surface area (Å²) in [5.41, 5.74) is 3.18. The van der Waals surface area contributed by atoms with Gasteiger partial charge in [0.2, 0.25) is 0 Å². The lowest BCUT2D eigenvalue weighted by Crippen LogP contribution is -2.42. The minimum Gasteiger partial charge on any atom is -0.467 e. The Balaban J connectivity index is 1.29. The molecule has 0 saturated carbocycles. The van der Waals surface area contributed by atoms with Crippen LogP contribution in [-0.2, 0) is 19.6 Å². The van der Waals surface area contributed by atoms with Crippen molar-refractivity contribution in [2.75, 3.05) is 11.8 Å². The number of carbonyl (C=O) groups excluding carboxylic acids is 2. The van der Waals surface area contributed by atoms with Crippen LogP contribution in [-0.4, -0.2) is 33.4 Å². The van der Waals surface area contributed by atoms with Gasteiger partial charge in [0.15, 0.2) is 0 Å². The van der Waals surface area contributed by atoms with Crippen LogP contribution in [0.15, 0.2) is 124 Å². The number of benzene rings is 3. The predicted molar refractivity (Wildman–Crippen MR) is 197 cm³/mol. The number of methoxy groups -OCH3 is 1. The maximum absolute atomic E-state index is 13.7. The fourth-order valence-electron chi connectivity index (χ4n) is 5.82. The van der Waals surface area contributed by atoms with Gasteiger partial charge in [-0.3, -0.25) is 9.52 Å². The second-order valence-corrected chi connectivity index (χ2v) is 15.7. The smallest absolute Gasteiger partial charge is 0.328 e. The quantitative estimate of drug-likeness (QED) is 0.190. The van der Waals surface area contributed by atoms with E-state index in [0.29, 0.717) is 23.7 Å². The van der Waals surface area contributed by atoms with Gasteiger partial charge in [-0.25, -0.2) is 13.2 Å². The molecule has 0 fully saturated rings. The highest BCUT2D eigenvalue weighted by Crippen LogP contribution is 2.37. The molecule has 5 rings (SSSR count). The summed E-state index contributed by atoms with van der Waals surface area (Å²) in [6.07, 6.45) is 11.4. The zero-order valence-corrected chi connectivity index (χ0v) is 30.4. The monoisotopic (exact) mass is 744 g/mol. The van der Waals surface area contributed by atoms with Crippen molar-refractivity contribution in [2.45, 2.75) is 58.4 Å². The van der Waals surface area contributed by atoms with Crippen molar-refractivity contribution in [1.82, 2.24) is 5.32 Å². The number of rotatable bonds is 11. The van der Waals surface area contributed by atoms with Crippen molar-refractivity contribution in [2.24, 2.45) is 5.41 Å². The molecule has 0 aliphatic heterocycles. The topological polar surface area (TPSA) is 111 Å². The van der Waals surface area contributed by atoms with E-state index >= 15 is 0 Å². The number of allylic oxidation sites excluding steroid dienone is 7. The van der Waals surface area contributed by atoms with E-state index in [1.54, 1.807) is 12.1 Å². The number of ether oxygens (including phenoxy) is 2. The Bertz CT molecular complexity index is 1940. The van der Waals surface area contributed by atoms with Crippen molar-refractivity contribution in [1.29, 1.82) is 0 Å². The first-order chi connectivity index (χ1) is 23.3. The second kappa shape index (κ2) is 15.4. The highest BCUT2D eigenvalue weighted by molar-refractivity contribution is 9.10. The van der Waals surface area contributed by atoms with Gasteiger partial charge in [0.05, 0.1) is 23.3 Å². The molecule has 8 nitrogen and oxygen atoms in total. The van der Waals surface area contributed by atoms with E-state index in [1.165, 1.54) is 24.8 Å². The molecule has 0 saturated heterocycles. The molecule has 1 unspecified atom stereocenters. The molecule has 2 N–H and O–H groups in total. The summed E-state index contributed by atoms with van der Waals surface area (Å²) >= 11 is 3.39. The van der Waals surface area contributed by atoms with E-state index in [9.17, 15) is 18.0 Å². The summed E-state index contributed by atoms with van der Waals surface area (Å²) in [5.74, 6) is 0.347. The molecule has 0 aromatic heterocycles. The zero-order valence-electron chi connectivity index (χ0n) is 28.0. The summed E-state index contributed by atoms with van der Waals surface area (Å²) < 4.78 is 41.2. The lowest BCUT2D eigenvalue weighted by Gasteiger charge is -2.26. The Morgan fingerprint density at radius 1 is 0.980 bits per heavy atom. The number of sulfonamides is 1. The van der Waals surface area contributed by atoms with Gasteiger partial charge in [0.1, 0.15) is 17.5 Å². The van der Waals surface area contributed by atoms with Crippen LogP contribution in [0.3, 0.4) is 0 Å². The molecule has 2 atom stereocenters. The van der Waals surface area contributed by atoms with Gasteiger partial charge in [0, 0.05) is 22.4 Å². The molecule has 10 heteroatoms. The molecular weight excluding hydrogens is 704 g/mol. The number of hydrogen-bond acceptors (Lipinski definition) is 6. The molecule has 49 heavy (non-hydrogen) atoms. The summed E-state index contributed by atoms with van der Waals surface area (Å²) in [4.78, 5) is 26.8. The van der Waals surface area contributed by atoms with Gasteiger partial charge in [-0.05, 0) is 72.7 Å². The standard InChI is InChI=1S/C39H41BrN2O6S/c1-39(2,3)28-18-21-31(22-19-28)49(45,46)42-34-23-20-29(40)25-33(34)37(43)41-35(38(44)47-4)24-26-14-16-27(17-15-26)32-12-8-9-13-36(32)48-30-10-6-5-7-11-30/h5-16,18,20-21,23,25,27,35,42H,17,19,22,24H2,1-4H3,(H,41,43)/t27?,35-/m0/s1. The third-order valence-electron chi connectivity index (χ3n) is 8.59. The molecule has 0 bridgehead atoms. The Hall–Kier alpha value is -4.41. The third kappa shape index (κ3) is 9.19. The van der Waals surface area contributed by atoms with Crippen molar-refractivity contribution in [3.63, 3.8) is 0 Å². The number of para-hydroxylation sites is 2. The molecule has 3 aromatic carbocycles. The molecular formula is C39H41BrN2O6S. The maximum Gasteiger partial charge on any atom is 0.328 e. The van der Waals surface area contributed by atoms with Crippen LogP contribution in [0.4, 0.5) is 5.69 Å². The van der Waals surface area contributed by atoms with E-state index in [1.807, 2.05) is 72.8 Å². The van der Waals surface area contributed by atoms with Crippen LogP contribution in [0.25, 0.3) is 0 Å². The van der Waals surface area contributed by atoms with Crippen LogP contribution in [0.5, 0.6) is 11.5 Å². The Morgan fingerprint density at radius 3 is 2.37 bits per heavy atom. The van der Waals surface area contributed by atoms with Gasteiger partial charge in [-0.15, -0.1) is 0 Å². The maximum atomic E-state index is 13.7. The van der Waals surface area contributed by atoms with E-state index < -0.39 is 27.9 Å². The summed E-state index contributed by atoms with van der Waals surface area (Å²) in [6.45, 7) is 6.29. The molecule has 3 aromatic rings. The highest BCUT2D eigenvalue weighted by atomic mass is 79.9. The van der Waals surface area contributed by atoms with Gasteiger partial charge in [0.25, 0.3) is 15.9 Å². The number of halogens is 1. The number of nitrogens with one attached hydrogen (secondary N) is 2. The lowest BCUT2D eigenvalue weighted by molar-refractivity contribution is -0.142. The third-order valence-corrected chi connectivity index (χ3v) is 10.6. The van der Waals surface area contributed by atoms with E-state index in [4.69, 9.17) is 9.47 Å². The van der Waals surface area contributed by atoms with Crippen LogP contribution >= 0.6 is 15.9 Å². The van der Waals surface area contributed by atoms with E-state index in [0.717, 1.165) is 22.6 Å². The number of hydrogen-bond donors (Lipinski definition) is 2. The van der Waals surface area contributed by atoms with Gasteiger partial charge in [-0.1, -0.05) is 103 Å². The first kappa shape index (κ1) is 35.9. The summed E-state index contributed by atoms with van der Waals surface area (Å²) in [6, 6.07) is 21.2. The second-order valence-electron chi connectivity index (χ2n) is 13.1. The van der Waals surface area contributed by atoms with Crippen LogP contribution in [0.1, 0.15) is 68.3 Å². The lowest BCUT2D eigenvalue weighted by atomic mass is 9.82. The minimum absolute atomic E-state index is 0.0551. The Labute approximate surface area is 297 Å². The Morgan fingerprint density at radius 2 is 1.71 bits per heavy atom. The van der Waals surface area contributed by atoms with Crippen LogP contribution in [0.2, 0.25) is 0 Å². The average Bonchev–Trinajstić information content (AvgIpc) is 3.09. The fourth-order valence-corrected chi connectivity index (χ4v) is 7.40. The van der Waals surface area contributed by atoms with Crippen LogP contribution in [0, 0.1) is 5.41 Å². The largest absolute Gasteiger partial charge is 0.467 e. The predicted octanol–water partition coefficient (Wildman–Crippen LogP) is 8.96. The van der Waals surface area contributed by atoms with E-state index in [-0.39, 0.29) is 33.9 Å². The van der Waals surface area contributed by atoms with Gasteiger partial charge >= 0.3 is 5.97 Å². The molecule has 1 amide bonds. The molecule has 0 radical (unpaired) electrons. The fraction of sp³-hybridized carbons (Fsp3) is 0.282. The molecule has 2 aliphatic rings. The summed E-state index contributed by atoms with van der Waals surface area (Å²) in [7, 11) is -2.68. The Kier molecular flexibility index (Phi) is 11.3. The van der Waals surface area contributed by atoms with Gasteiger partial charge < -0.3 is 14.8 Å². The number of carbonyl (C=O) groups is 2. The number of amides is 1. The summed E-state index contributed by atoms with van der Waals surface area (Å²) in [5, 5.41) is 2.78. The molecule has 2 aliphatic carbocycles. The number of anilines is 1. The van der Waals surface area contributed by atoms with Crippen molar-refractivity contribution >= 4 is 43.5 Å². The molecule has 0 spiro atoms. The van der Waals surface area contributed by atoms with Crippen molar-refractivity contribution in [3.8, 4) is 11.5 Å². The molecule has 256 valence electrons. The molecule has 0 heterocycles. The van der Waals surface area contributed by atoms with Crippen molar-refractivity contribution in [3.05, 3.63) is 135 Å². The highest BCUT2D eigenvalue weighted by Gasteiger charge is 2.28.